The average Bonchev–Trinajstić information content (AvgIpc) is 3.28. The number of ketones is 1. The Labute approximate surface area is 260 Å². The van der Waals surface area contributed by atoms with E-state index in [0.29, 0.717) is 16.3 Å². The zero-order valence-electron chi connectivity index (χ0n) is 25.6. The largest absolute Gasteiger partial charge is 0.507 e. The van der Waals surface area contributed by atoms with Gasteiger partial charge < -0.3 is 5.11 Å². The molecule has 5 rings (SSSR count). The predicted octanol–water partition coefficient (Wildman–Crippen LogP) is 8.54. The fourth-order valence-electron chi connectivity index (χ4n) is 5.89. The average molecular weight is 616 g/mol. The smallest absolute Gasteiger partial charge is 0.265 e. The van der Waals surface area contributed by atoms with Crippen LogP contribution in [-0.4, -0.2) is 25.3 Å². The minimum Gasteiger partial charge on any atom is -0.507 e. The molecule has 7 heteroatoms. The van der Waals surface area contributed by atoms with Crippen LogP contribution in [0.15, 0.2) is 89.8 Å². The number of nitrogens with zero attached hydrogens (tertiary/aromatic N) is 1. The third kappa shape index (κ3) is 5.59. The van der Waals surface area contributed by atoms with Gasteiger partial charge in [-0.05, 0) is 82.5 Å². The SMILES string of the molecule is Cc1ccc(S(=O)(=O)N2c3ccccc3[C@H](c3cc(C(C)(C)C)c(O)c(C(C)(C)C)c3)[C@H]2C(=O)c2ccc(Cl)cc2)cc1. The standard InChI is InChI=1S/C36H38ClNO4S/c1-22-12-18-26(19-13-22)43(41,42)38-30-11-9-8-10-27(30)31(32(38)33(39)23-14-16-25(37)17-15-23)24-20-28(35(2,3)4)34(40)29(21-24)36(5,6)7/h8-21,31-32,40H,1-7H3/t31-,32-/m0/s1. The number of para-hydroxylation sites is 1. The summed E-state index contributed by atoms with van der Waals surface area (Å²) in [7, 11) is -4.17. The number of hydrogen-bond acceptors (Lipinski definition) is 4. The summed E-state index contributed by atoms with van der Waals surface area (Å²) in [6.45, 7) is 14.1. The van der Waals surface area contributed by atoms with E-state index < -0.39 is 32.8 Å². The summed E-state index contributed by atoms with van der Waals surface area (Å²) in [6.07, 6.45) is 0. The van der Waals surface area contributed by atoms with E-state index in [2.05, 4.69) is 0 Å². The maximum atomic E-state index is 14.6. The summed E-state index contributed by atoms with van der Waals surface area (Å²) in [5.74, 6) is -0.751. The number of sulfonamides is 1. The molecule has 4 aromatic carbocycles. The molecule has 224 valence electrons. The number of halogens is 1. The third-order valence-corrected chi connectivity index (χ3v) is 10.2. The van der Waals surface area contributed by atoms with Crippen LogP contribution in [0.25, 0.3) is 0 Å². The second-order valence-electron chi connectivity index (χ2n) is 13.4. The summed E-state index contributed by atoms with van der Waals surface area (Å²) in [5.41, 5.74) is 3.91. The van der Waals surface area contributed by atoms with Crippen molar-refractivity contribution in [2.45, 2.75) is 76.2 Å². The summed E-state index contributed by atoms with van der Waals surface area (Å²) >= 11 is 6.16. The minimum absolute atomic E-state index is 0.110. The van der Waals surface area contributed by atoms with Crippen LogP contribution in [0.1, 0.15) is 85.6 Å². The van der Waals surface area contributed by atoms with E-state index >= 15 is 0 Å². The molecule has 0 saturated heterocycles. The first kappa shape index (κ1) is 30.8. The lowest BCUT2D eigenvalue weighted by atomic mass is 9.75. The maximum Gasteiger partial charge on any atom is 0.265 e. The highest BCUT2D eigenvalue weighted by Gasteiger charge is 2.49. The molecule has 2 atom stereocenters. The summed E-state index contributed by atoms with van der Waals surface area (Å²) in [5, 5.41) is 11.9. The second kappa shape index (κ2) is 10.8. The van der Waals surface area contributed by atoms with Crippen LogP contribution in [0.2, 0.25) is 5.02 Å². The molecule has 1 heterocycles. The third-order valence-electron chi connectivity index (χ3n) is 8.16. The van der Waals surface area contributed by atoms with Crippen molar-refractivity contribution in [2.24, 2.45) is 0 Å². The molecular weight excluding hydrogens is 578 g/mol. The van der Waals surface area contributed by atoms with Crippen LogP contribution < -0.4 is 4.31 Å². The van der Waals surface area contributed by atoms with Crippen LogP contribution in [0.4, 0.5) is 5.69 Å². The first-order chi connectivity index (χ1) is 20.0. The highest BCUT2D eigenvalue weighted by molar-refractivity contribution is 7.93. The topological polar surface area (TPSA) is 74.7 Å². The number of fused-ring (bicyclic) bond motifs is 1. The molecule has 4 aromatic rings. The Morgan fingerprint density at radius 1 is 0.814 bits per heavy atom. The highest BCUT2D eigenvalue weighted by Crippen LogP contribution is 2.50. The molecule has 1 aliphatic heterocycles. The van der Waals surface area contributed by atoms with Crippen LogP contribution in [0, 0.1) is 6.92 Å². The normalized spacial score (nSPS) is 17.2. The Bertz CT molecular complexity index is 1760. The number of phenolic OH excluding ortho intramolecular Hbond substituents is 1. The van der Waals surface area contributed by atoms with Crippen molar-refractivity contribution in [1.29, 1.82) is 0 Å². The molecular formula is C36H38ClNO4S. The number of aromatic hydroxyl groups is 1. The van der Waals surface area contributed by atoms with Crippen molar-refractivity contribution < 1.29 is 18.3 Å². The van der Waals surface area contributed by atoms with Gasteiger partial charge in [-0.3, -0.25) is 9.10 Å². The molecule has 0 aromatic heterocycles. The van der Waals surface area contributed by atoms with Crippen molar-refractivity contribution in [3.8, 4) is 5.75 Å². The summed E-state index contributed by atoms with van der Waals surface area (Å²) < 4.78 is 30.3. The number of aryl methyl sites for hydroxylation is 1. The van der Waals surface area contributed by atoms with Gasteiger partial charge in [-0.25, -0.2) is 8.42 Å². The number of rotatable bonds is 5. The van der Waals surface area contributed by atoms with Gasteiger partial charge in [0.25, 0.3) is 10.0 Å². The molecule has 0 radical (unpaired) electrons. The number of carbonyl (C=O) groups excluding carboxylic acids is 1. The van der Waals surface area contributed by atoms with Crippen molar-refractivity contribution in [3.05, 3.63) is 123 Å². The quantitative estimate of drug-likeness (QED) is 0.228. The van der Waals surface area contributed by atoms with Gasteiger partial charge in [0.2, 0.25) is 0 Å². The first-order valence-corrected chi connectivity index (χ1v) is 16.2. The molecule has 1 aliphatic rings. The summed E-state index contributed by atoms with van der Waals surface area (Å²) in [4.78, 5) is 14.7. The highest BCUT2D eigenvalue weighted by atomic mass is 35.5. The fraction of sp³-hybridized carbons (Fsp3) is 0.306. The van der Waals surface area contributed by atoms with Crippen molar-refractivity contribution in [2.75, 3.05) is 4.31 Å². The predicted molar refractivity (Wildman–Crippen MR) is 174 cm³/mol. The number of anilines is 1. The van der Waals surface area contributed by atoms with Crippen LogP contribution in [-0.2, 0) is 20.9 Å². The number of benzene rings is 4. The molecule has 0 unspecified atom stereocenters. The van der Waals surface area contributed by atoms with Gasteiger partial charge >= 0.3 is 0 Å². The Morgan fingerprint density at radius 3 is 1.88 bits per heavy atom. The maximum absolute atomic E-state index is 14.6. The number of phenols is 1. The fourth-order valence-corrected chi connectivity index (χ4v) is 7.67. The van der Waals surface area contributed by atoms with Gasteiger partial charge in [-0.15, -0.1) is 0 Å². The van der Waals surface area contributed by atoms with E-state index in [1.165, 1.54) is 4.31 Å². The van der Waals surface area contributed by atoms with E-state index in [0.717, 1.165) is 27.8 Å². The number of hydrogen-bond donors (Lipinski definition) is 1. The van der Waals surface area contributed by atoms with Crippen molar-refractivity contribution >= 4 is 33.1 Å². The number of Topliss-reactive ketones (excluding diaryl/α,β-unsaturated/α-hetero) is 1. The zero-order valence-corrected chi connectivity index (χ0v) is 27.2. The summed E-state index contributed by atoms with van der Waals surface area (Å²) in [6, 6.07) is 23.3. The molecule has 0 saturated carbocycles. The molecule has 43 heavy (non-hydrogen) atoms. The molecule has 0 amide bonds. The molecule has 5 nitrogen and oxygen atoms in total. The monoisotopic (exact) mass is 615 g/mol. The van der Waals surface area contributed by atoms with E-state index in [1.54, 1.807) is 60.7 Å². The van der Waals surface area contributed by atoms with Crippen LogP contribution in [0.3, 0.4) is 0 Å². The van der Waals surface area contributed by atoms with E-state index in [-0.39, 0.29) is 16.4 Å². The van der Waals surface area contributed by atoms with Gasteiger partial charge in [0.05, 0.1) is 10.6 Å². The number of carbonyl (C=O) groups is 1. The van der Waals surface area contributed by atoms with Gasteiger partial charge in [0.1, 0.15) is 11.8 Å². The Morgan fingerprint density at radius 2 is 1.35 bits per heavy atom. The van der Waals surface area contributed by atoms with Gasteiger partial charge in [0.15, 0.2) is 5.78 Å². The Kier molecular flexibility index (Phi) is 7.77. The van der Waals surface area contributed by atoms with E-state index in [9.17, 15) is 18.3 Å². The molecule has 0 bridgehead atoms. The van der Waals surface area contributed by atoms with Crippen LogP contribution >= 0.6 is 11.6 Å². The first-order valence-electron chi connectivity index (χ1n) is 14.4. The van der Waals surface area contributed by atoms with Gasteiger partial charge in [-0.1, -0.05) is 101 Å². The van der Waals surface area contributed by atoms with E-state index in [1.807, 2.05) is 72.7 Å². The van der Waals surface area contributed by atoms with Crippen molar-refractivity contribution in [3.63, 3.8) is 0 Å². The van der Waals surface area contributed by atoms with E-state index in [4.69, 9.17) is 11.6 Å². The Balaban J connectivity index is 1.83. The van der Waals surface area contributed by atoms with Crippen molar-refractivity contribution in [1.82, 2.24) is 0 Å². The lowest BCUT2D eigenvalue weighted by Gasteiger charge is -2.32. The minimum atomic E-state index is -4.17. The van der Waals surface area contributed by atoms with Gasteiger partial charge in [0, 0.05) is 16.5 Å². The lowest BCUT2D eigenvalue weighted by Crippen LogP contribution is -2.45. The zero-order chi connectivity index (χ0) is 31.5. The van der Waals surface area contributed by atoms with Crippen LogP contribution in [0.5, 0.6) is 5.75 Å². The molecule has 0 aliphatic carbocycles. The molecule has 1 N–H and O–H groups in total. The van der Waals surface area contributed by atoms with Gasteiger partial charge in [-0.2, -0.15) is 0 Å². The molecule has 0 spiro atoms. The lowest BCUT2D eigenvalue weighted by molar-refractivity contribution is 0.0960. The molecule has 0 fully saturated rings. The second-order valence-corrected chi connectivity index (χ2v) is 15.7. The Hall–Kier alpha value is -3.61.